The first-order chi connectivity index (χ1) is 6.74. The minimum absolute atomic E-state index is 0.222. The summed E-state index contributed by atoms with van der Waals surface area (Å²) < 4.78 is 6.76. The van der Waals surface area contributed by atoms with Gasteiger partial charge in [0.05, 0.1) is 11.8 Å². The largest absolute Gasteiger partial charge is 0.477 e. The molecule has 0 saturated heterocycles. The van der Waals surface area contributed by atoms with Gasteiger partial charge >= 0.3 is 5.97 Å². The second-order valence-corrected chi connectivity index (χ2v) is 2.90. The van der Waals surface area contributed by atoms with E-state index < -0.39 is 5.97 Å². The molecule has 14 heavy (non-hydrogen) atoms. The van der Waals surface area contributed by atoms with Crippen molar-refractivity contribution in [2.24, 2.45) is 0 Å². The van der Waals surface area contributed by atoms with E-state index in [-0.39, 0.29) is 5.69 Å². The minimum Gasteiger partial charge on any atom is -0.477 e. The zero-order chi connectivity index (χ0) is 10.1. The fourth-order valence-electron chi connectivity index (χ4n) is 1.48. The number of aromatic nitrogens is 1. The third-order valence-electron chi connectivity index (χ3n) is 2.05. The molecule has 0 atom stereocenters. The smallest absolute Gasteiger partial charge is 0.352 e. The lowest BCUT2D eigenvalue weighted by Gasteiger charge is -2.01. The van der Waals surface area contributed by atoms with E-state index in [1.165, 1.54) is 12.3 Å². The number of hydrogen-bond acceptors (Lipinski definition) is 2. The molecular formula is C10H9NO3. The standard InChI is InChI=1S/C10H9NO3/c1-2-4-11-7-3-5-14-9(7)6-8(11)10(12)13/h2-3,5-6H,1,4H2,(H,12,13). The fourth-order valence-corrected chi connectivity index (χ4v) is 1.48. The van der Waals surface area contributed by atoms with Crippen molar-refractivity contribution in [3.8, 4) is 0 Å². The van der Waals surface area contributed by atoms with Gasteiger partial charge in [0.2, 0.25) is 0 Å². The van der Waals surface area contributed by atoms with E-state index in [0.717, 1.165) is 5.52 Å². The Kier molecular flexibility index (Phi) is 1.89. The van der Waals surface area contributed by atoms with E-state index >= 15 is 0 Å². The van der Waals surface area contributed by atoms with Crippen LogP contribution in [0.3, 0.4) is 0 Å². The van der Waals surface area contributed by atoms with Crippen molar-refractivity contribution in [2.45, 2.75) is 6.54 Å². The molecule has 2 aromatic rings. The lowest BCUT2D eigenvalue weighted by Crippen LogP contribution is -2.06. The van der Waals surface area contributed by atoms with Gasteiger partial charge in [-0.2, -0.15) is 0 Å². The summed E-state index contributed by atoms with van der Waals surface area (Å²) in [5, 5.41) is 8.91. The maximum Gasteiger partial charge on any atom is 0.352 e. The molecule has 0 unspecified atom stereocenters. The van der Waals surface area contributed by atoms with Gasteiger partial charge in [-0.15, -0.1) is 6.58 Å². The van der Waals surface area contributed by atoms with Gasteiger partial charge in [0.25, 0.3) is 0 Å². The van der Waals surface area contributed by atoms with Crippen LogP contribution in [-0.4, -0.2) is 15.6 Å². The SMILES string of the molecule is C=CCn1c(C(=O)O)cc2occc21. The van der Waals surface area contributed by atoms with Crippen LogP contribution < -0.4 is 0 Å². The summed E-state index contributed by atoms with van der Waals surface area (Å²) in [6.07, 6.45) is 3.19. The summed E-state index contributed by atoms with van der Waals surface area (Å²) >= 11 is 0. The minimum atomic E-state index is -0.960. The maximum atomic E-state index is 10.9. The highest BCUT2D eigenvalue weighted by Crippen LogP contribution is 2.20. The highest BCUT2D eigenvalue weighted by atomic mass is 16.4. The van der Waals surface area contributed by atoms with Crippen LogP contribution in [0.1, 0.15) is 10.5 Å². The monoisotopic (exact) mass is 191 g/mol. The molecule has 2 heterocycles. The first-order valence-corrected chi connectivity index (χ1v) is 4.15. The number of allylic oxidation sites excluding steroid dienone is 1. The molecule has 0 amide bonds. The van der Waals surface area contributed by atoms with Crippen LogP contribution in [0, 0.1) is 0 Å². The van der Waals surface area contributed by atoms with E-state index in [1.54, 1.807) is 16.7 Å². The molecule has 0 spiro atoms. The third kappa shape index (κ3) is 1.12. The lowest BCUT2D eigenvalue weighted by atomic mass is 10.4. The van der Waals surface area contributed by atoms with E-state index in [4.69, 9.17) is 9.52 Å². The zero-order valence-electron chi connectivity index (χ0n) is 7.43. The Hall–Kier alpha value is -1.97. The normalized spacial score (nSPS) is 10.6. The number of fused-ring (bicyclic) bond motifs is 1. The zero-order valence-corrected chi connectivity index (χ0v) is 7.43. The number of aromatic carboxylic acids is 1. The molecule has 0 aliphatic carbocycles. The van der Waals surface area contributed by atoms with Crippen molar-refractivity contribution in [1.82, 2.24) is 4.57 Å². The van der Waals surface area contributed by atoms with Gasteiger partial charge in [-0.05, 0) is 0 Å². The molecule has 4 nitrogen and oxygen atoms in total. The molecule has 0 radical (unpaired) electrons. The number of carbonyl (C=O) groups is 1. The van der Waals surface area contributed by atoms with Gasteiger partial charge in [-0.3, -0.25) is 0 Å². The first-order valence-electron chi connectivity index (χ1n) is 4.15. The molecule has 1 N–H and O–H groups in total. The summed E-state index contributed by atoms with van der Waals surface area (Å²) in [7, 11) is 0. The van der Waals surface area contributed by atoms with Gasteiger partial charge in [0.15, 0.2) is 5.58 Å². The summed E-state index contributed by atoms with van der Waals surface area (Å²) in [4.78, 5) is 10.9. The number of furan rings is 1. The van der Waals surface area contributed by atoms with E-state index in [2.05, 4.69) is 6.58 Å². The van der Waals surface area contributed by atoms with Gasteiger partial charge < -0.3 is 14.1 Å². The Morgan fingerprint density at radius 3 is 3.14 bits per heavy atom. The number of carboxylic acid groups (broad SMARTS) is 1. The quantitative estimate of drug-likeness (QED) is 0.756. The lowest BCUT2D eigenvalue weighted by molar-refractivity contribution is 0.0686. The van der Waals surface area contributed by atoms with Crippen molar-refractivity contribution in [3.05, 3.63) is 36.7 Å². The van der Waals surface area contributed by atoms with Gasteiger partial charge in [0.1, 0.15) is 5.69 Å². The first kappa shape index (κ1) is 8.62. The van der Waals surface area contributed by atoms with Gasteiger partial charge in [-0.25, -0.2) is 4.79 Å². The van der Waals surface area contributed by atoms with Gasteiger partial charge in [0, 0.05) is 18.7 Å². The van der Waals surface area contributed by atoms with Crippen molar-refractivity contribution < 1.29 is 14.3 Å². The highest BCUT2D eigenvalue weighted by Gasteiger charge is 2.14. The number of rotatable bonds is 3. The van der Waals surface area contributed by atoms with E-state index in [1.807, 2.05) is 0 Å². The predicted molar refractivity (Wildman–Crippen MR) is 51.4 cm³/mol. The fraction of sp³-hybridized carbons (Fsp3) is 0.100. The molecule has 0 fully saturated rings. The van der Waals surface area contributed by atoms with E-state index in [0.29, 0.717) is 12.1 Å². The Balaban J connectivity index is 2.68. The maximum absolute atomic E-state index is 10.9. The van der Waals surface area contributed by atoms with Crippen LogP contribution in [0.25, 0.3) is 11.1 Å². The summed E-state index contributed by atoms with van der Waals surface area (Å²) in [6.45, 7) is 4.05. The van der Waals surface area contributed by atoms with Crippen LogP contribution >= 0.6 is 0 Å². The second kappa shape index (κ2) is 3.06. The van der Waals surface area contributed by atoms with Crippen molar-refractivity contribution in [1.29, 1.82) is 0 Å². The highest BCUT2D eigenvalue weighted by molar-refractivity contribution is 5.92. The summed E-state index contributed by atoms with van der Waals surface area (Å²) in [5.74, 6) is -0.960. The molecule has 0 bridgehead atoms. The predicted octanol–water partition coefficient (Wildman–Crippen LogP) is 2.12. The van der Waals surface area contributed by atoms with E-state index in [9.17, 15) is 4.79 Å². The van der Waals surface area contributed by atoms with Crippen LogP contribution in [0.2, 0.25) is 0 Å². The molecule has 2 rings (SSSR count). The second-order valence-electron chi connectivity index (χ2n) is 2.90. The molecule has 72 valence electrons. The summed E-state index contributed by atoms with van der Waals surface area (Å²) in [6, 6.07) is 3.26. The average Bonchev–Trinajstić information content (AvgIpc) is 2.67. The van der Waals surface area contributed by atoms with Crippen LogP contribution in [0.4, 0.5) is 0 Å². The summed E-state index contributed by atoms with van der Waals surface area (Å²) in [5.41, 5.74) is 1.59. The Morgan fingerprint density at radius 1 is 1.71 bits per heavy atom. The van der Waals surface area contributed by atoms with Crippen molar-refractivity contribution in [2.75, 3.05) is 0 Å². The Morgan fingerprint density at radius 2 is 2.50 bits per heavy atom. The molecule has 0 aromatic carbocycles. The Labute approximate surface area is 80.1 Å². The van der Waals surface area contributed by atoms with Crippen LogP contribution in [-0.2, 0) is 6.54 Å². The van der Waals surface area contributed by atoms with Crippen molar-refractivity contribution in [3.63, 3.8) is 0 Å². The molecule has 0 saturated carbocycles. The van der Waals surface area contributed by atoms with Gasteiger partial charge in [-0.1, -0.05) is 6.08 Å². The topological polar surface area (TPSA) is 55.4 Å². The molecule has 0 aliphatic heterocycles. The van der Waals surface area contributed by atoms with Crippen LogP contribution in [0.15, 0.2) is 35.5 Å². The molecular weight excluding hydrogens is 182 g/mol. The number of nitrogens with zero attached hydrogens (tertiary/aromatic N) is 1. The number of carboxylic acids is 1. The number of hydrogen-bond donors (Lipinski definition) is 1. The molecule has 0 aliphatic rings. The third-order valence-corrected chi connectivity index (χ3v) is 2.05. The average molecular weight is 191 g/mol. The molecule has 2 aromatic heterocycles. The molecule has 4 heteroatoms. The Bertz CT molecular complexity index is 492. The van der Waals surface area contributed by atoms with Crippen molar-refractivity contribution >= 4 is 17.1 Å². The van der Waals surface area contributed by atoms with Crippen LogP contribution in [0.5, 0.6) is 0 Å².